The summed E-state index contributed by atoms with van der Waals surface area (Å²) in [6, 6.07) is -0.0942. The molecule has 0 aromatic heterocycles. The van der Waals surface area contributed by atoms with Crippen LogP contribution in [0.5, 0.6) is 0 Å². The van der Waals surface area contributed by atoms with E-state index in [-0.39, 0.29) is 17.5 Å². The van der Waals surface area contributed by atoms with E-state index in [0.29, 0.717) is 5.41 Å². The predicted molar refractivity (Wildman–Crippen MR) is 67.3 cm³/mol. The van der Waals surface area contributed by atoms with Gasteiger partial charge in [-0.2, -0.15) is 0 Å². The fraction of sp³-hybridized carbons (Fsp3) is 0.923. The highest BCUT2D eigenvalue weighted by Crippen LogP contribution is 2.44. The van der Waals surface area contributed by atoms with Gasteiger partial charge in [0, 0.05) is 12.1 Å². The Kier molecular flexibility index (Phi) is 4.00. The molecule has 0 bridgehead atoms. The van der Waals surface area contributed by atoms with Crippen molar-refractivity contribution in [3.63, 3.8) is 0 Å². The third-order valence-corrected chi connectivity index (χ3v) is 3.68. The molecule has 94 valence electrons. The summed E-state index contributed by atoms with van der Waals surface area (Å²) in [5, 5.41) is 6.38. The standard InChI is InChI=1S/C13H26N2O/c1-6-12(3,4)15-11(16)10(2)14-9-13(5)7-8-13/h10,14H,6-9H2,1-5H3,(H,15,16). The minimum Gasteiger partial charge on any atom is -0.350 e. The molecule has 1 amide bonds. The number of rotatable bonds is 6. The van der Waals surface area contributed by atoms with Crippen LogP contribution in [0.2, 0.25) is 0 Å². The molecule has 0 aromatic rings. The smallest absolute Gasteiger partial charge is 0.237 e. The van der Waals surface area contributed by atoms with E-state index in [1.807, 2.05) is 6.92 Å². The molecule has 2 N–H and O–H groups in total. The van der Waals surface area contributed by atoms with E-state index in [2.05, 4.69) is 38.3 Å². The van der Waals surface area contributed by atoms with Crippen molar-refractivity contribution in [1.29, 1.82) is 0 Å². The van der Waals surface area contributed by atoms with Crippen molar-refractivity contribution in [1.82, 2.24) is 10.6 Å². The second-order valence-electron chi connectivity index (χ2n) is 6.14. The van der Waals surface area contributed by atoms with Crippen LogP contribution in [0.1, 0.15) is 53.9 Å². The van der Waals surface area contributed by atoms with E-state index in [4.69, 9.17) is 0 Å². The third kappa shape index (κ3) is 4.12. The van der Waals surface area contributed by atoms with Crippen LogP contribution in [-0.2, 0) is 4.79 Å². The van der Waals surface area contributed by atoms with Crippen LogP contribution in [0.15, 0.2) is 0 Å². The van der Waals surface area contributed by atoms with Gasteiger partial charge in [0.15, 0.2) is 0 Å². The Bertz CT molecular complexity index is 257. The molecule has 0 aromatic carbocycles. The van der Waals surface area contributed by atoms with Crippen molar-refractivity contribution >= 4 is 5.91 Å². The largest absolute Gasteiger partial charge is 0.350 e. The van der Waals surface area contributed by atoms with Crippen molar-refractivity contribution in [3.8, 4) is 0 Å². The van der Waals surface area contributed by atoms with Gasteiger partial charge in [-0.25, -0.2) is 0 Å². The van der Waals surface area contributed by atoms with Crippen LogP contribution in [0.25, 0.3) is 0 Å². The lowest BCUT2D eigenvalue weighted by Crippen LogP contribution is -2.51. The first-order valence-electron chi connectivity index (χ1n) is 6.33. The second kappa shape index (κ2) is 4.74. The maximum atomic E-state index is 11.9. The Hall–Kier alpha value is -0.570. The Morgan fingerprint density at radius 1 is 1.44 bits per heavy atom. The molecule has 1 aliphatic carbocycles. The molecule has 0 saturated heterocycles. The number of hydrogen-bond acceptors (Lipinski definition) is 2. The van der Waals surface area contributed by atoms with Crippen LogP contribution in [0, 0.1) is 5.41 Å². The van der Waals surface area contributed by atoms with Gasteiger partial charge in [-0.1, -0.05) is 13.8 Å². The summed E-state index contributed by atoms with van der Waals surface area (Å²) in [4.78, 5) is 11.9. The number of nitrogens with one attached hydrogen (secondary N) is 2. The summed E-state index contributed by atoms with van der Waals surface area (Å²) in [5.41, 5.74) is 0.353. The predicted octanol–water partition coefficient (Wildman–Crippen LogP) is 2.07. The molecule has 1 rings (SSSR count). The Labute approximate surface area is 99.4 Å². The minimum atomic E-state index is -0.101. The van der Waals surface area contributed by atoms with Gasteiger partial charge in [0.2, 0.25) is 5.91 Å². The van der Waals surface area contributed by atoms with E-state index < -0.39 is 0 Å². The van der Waals surface area contributed by atoms with Gasteiger partial charge in [-0.05, 0) is 45.4 Å². The highest BCUT2D eigenvalue weighted by atomic mass is 16.2. The lowest BCUT2D eigenvalue weighted by atomic mass is 10.0. The maximum absolute atomic E-state index is 11.9. The fourth-order valence-electron chi connectivity index (χ4n) is 1.41. The monoisotopic (exact) mass is 226 g/mol. The zero-order chi connectivity index (χ0) is 12.4. The lowest BCUT2D eigenvalue weighted by Gasteiger charge is -2.27. The summed E-state index contributed by atoms with van der Waals surface area (Å²) < 4.78 is 0. The van der Waals surface area contributed by atoms with Gasteiger partial charge >= 0.3 is 0 Å². The highest BCUT2D eigenvalue weighted by molar-refractivity contribution is 5.81. The zero-order valence-corrected chi connectivity index (χ0v) is 11.3. The van der Waals surface area contributed by atoms with Crippen LogP contribution < -0.4 is 10.6 Å². The van der Waals surface area contributed by atoms with E-state index in [1.54, 1.807) is 0 Å². The van der Waals surface area contributed by atoms with Gasteiger partial charge in [0.1, 0.15) is 0 Å². The average Bonchev–Trinajstić information content (AvgIpc) is 2.93. The molecule has 1 saturated carbocycles. The molecule has 16 heavy (non-hydrogen) atoms. The van der Waals surface area contributed by atoms with Crippen molar-refractivity contribution in [2.75, 3.05) is 6.54 Å². The van der Waals surface area contributed by atoms with Crippen molar-refractivity contribution in [3.05, 3.63) is 0 Å². The summed E-state index contributed by atoms with van der Waals surface area (Å²) in [6.45, 7) is 11.4. The molecule has 0 spiro atoms. The van der Waals surface area contributed by atoms with E-state index in [1.165, 1.54) is 12.8 Å². The Morgan fingerprint density at radius 3 is 2.44 bits per heavy atom. The number of amides is 1. The van der Waals surface area contributed by atoms with Crippen LogP contribution in [0.4, 0.5) is 0 Å². The van der Waals surface area contributed by atoms with Crippen LogP contribution in [0.3, 0.4) is 0 Å². The van der Waals surface area contributed by atoms with E-state index >= 15 is 0 Å². The van der Waals surface area contributed by atoms with Gasteiger partial charge in [-0.3, -0.25) is 4.79 Å². The third-order valence-electron chi connectivity index (χ3n) is 3.68. The van der Waals surface area contributed by atoms with Crippen LogP contribution >= 0.6 is 0 Å². The minimum absolute atomic E-state index is 0.0942. The highest BCUT2D eigenvalue weighted by Gasteiger charge is 2.37. The average molecular weight is 226 g/mol. The summed E-state index contributed by atoms with van der Waals surface area (Å²) in [6.07, 6.45) is 3.52. The quantitative estimate of drug-likeness (QED) is 0.728. The van der Waals surface area contributed by atoms with Gasteiger partial charge < -0.3 is 10.6 Å². The molecule has 1 aliphatic rings. The molecule has 1 fully saturated rings. The first kappa shape index (κ1) is 13.5. The summed E-state index contributed by atoms with van der Waals surface area (Å²) in [5.74, 6) is 0.107. The van der Waals surface area contributed by atoms with Crippen molar-refractivity contribution in [2.45, 2.75) is 65.5 Å². The fourth-order valence-corrected chi connectivity index (χ4v) is 1.41. The molecule has 1 atom stereocenters. The molecule has 3 heteroatoms. The molecular formula is C13H26N2O. The van der Waals surface area contributed by atoms with Gasteiger partial charge in [-0.15, -0.1) is 0 Å². The molecule has 0 radical (unpaired) electrons. The first-order chi connectivity index (χ1) is 7.28. The topological polar surface area (TPSA) is 41.1 Å². The van der Waals surface area contributed by atoms with E-state index in [9.17, 15) is 4.79 Å². The summed E-state index contributed by atoms with van der Waals surface area (Å²) in [7, 11) is 0. The first-order valence-corrected chi connectivity index (χ1v) is 6.33. The van der Waals surface area contributed by atoms with Gasteiger partial charge in [0.05, 0.1) is 6.04 Å². The zero-order valence-electron chi connectivity index (χ0n) is 11.3. The van der Waals surface area contributed by atoms with Crippen molar-refractivity contribution < 1.29 is 4.79 Å². The van der Waals surface area contributed by atoms with Crippen molar-refractivity contribution in [2.24, 2.45) is 5.41 Å². The number of carbonyl (C=O) groups excluding carboxylic acids is 1. The second-order valence-corrected chi connectivity index (χ2v) is 6.14. The molecular weight excluding hydrogens is 200 g/mol. The molecule has 0 heterocycles. The SMILES string of the molecule is CCC(C)(C)NC(=O)C(C)NCC1(C)CC1. The number of carbonyl (C=O) groups is 1. The Morgan fingerprint density at radius 2 is 2.00 bits per heavy atom. The van der Waals surface area contributed by atoms with Crippen LogP contribution in [-0.4, -0.2) is 24.0 Å². The normalized spacial score (nSPS) is 20.3. The van der Waals surface area contributed by atoms with Gasteiger partial charge in [0.25, 0.3) is 0 Å². The molecule has 3 nitrogen and oxygen atoms in total. The maximum Gasteiger partial charge on any atom is 0.237 e. The summed E-state index contributed by atoms with van der Waals surface area (Å²) >= 11 is 0. The van der Waals surface area contributed by atoms with E-state index in [0.717, 1.165) is 13.0 Å². The Balaban J connectivity index is 2.30. The molecule has 0 aliphatic heterocycles. The molecule has 1 unspecified atom stereocenters. The lowest BCUT2D eigenvalue weighted by molar-refractivity contribution is -0.124. The number of hydrogen-bond donors (Lipinski definition) is 2.